The van der Waals surface area contributed by atoms with Gasteiger partial charge in [0.2, 0.25) is 0 Å². The van der Waals surface area contributed by atoms with Gasteiger partial charge in [-0.2, -0.15) is 0 Å². The SMILES string of the molecule is Cc1cc(Cl)ccc1OCC(=O)NC1CCNCC1C. The molecule has 110 valence electrons. The van der Waals surface area contributed by atoms with Crippen molar-refractivity contribution in [2.75, 3.05) is 19.7 Å². The Bertz CT molecular complexity index is 479. The third-order valence-corrected chi connectivity index (χ3v) is 3.86. The molecule has 1 aromatic carbocycles. The Kier molecular flexibility index (Phi) is 5.26. The summed E-state index contributed by atoms with van der Waals surface area (Å²) in [6, 6.07) is 5.61. The van der Waals surface area contributed by atoms with Gasteiger partial charge in [0.05, 0.1) is 0 Å². The third-order valence-electron chi connectivity index (χ3n) is 3.63. The smallest absolute Gasteiger partial charge is 0.258 e. The second-order valence-corrected chi connectivity index (χ2v) is 5.78. The fourth-order valence-corrected chi connectivity index (χ4v) is 2.62. The highest BCUT2D eigenvalue weighted by atomic mass is 35.5. The van der Waals surface area contributed by atoms with E-state index in [2.05, 4.69) is 17.6 Å². The number of hydrogen-bond acceptors (Lipinski definition) is 3. The van der Waals surface area contributed by atoms with Gasteiger partial charge in [0.1, 0.15) is 5.75 Å². The van der Waals surface area contributed by atoms with Crippen LogP contribution < -0.4 is 15.4 Å². The van der Waals surface area contributed by atoms with Crippen LogP contribution in [0.3, 0.4) is 0 Å². The zero-order valence-electron chi connectivity index (χ0n) is 11.9. The highest BCUT2D eigenvalue weighted by Gasteiger charge is 2.22. The number of carbonyl (C=O) groups excluding carboxylic acids is 1. The average Bonchev–Trinajstić information content (AvgIpc) is 2.40. The minimum Gasteiger partial charge on any atom is -0.484 e. The van der Waals surface area contributed by atoms with Crippen molar-refractivity contribution in [1.82, 2.24) is 10.6 Å². The van der Waals surface area contributed by atoms with Crippen molar-refractivity contribution in [2.24, 2.45) is 5.92 Å². The molecule has 1 aliphatic heterocycles. The Hall–Kier alpha value is -1.26. The van der Waals surface area contributed by atoms with E-state index in [0.29, 0.717) is 16.7 Å². The van der Waals surface area contributed by atoms with Gasteiger partial charge in [0, 0.05) is 11.1 Å². The van der Waals surface area contributed by atoms with Crippen molar-refractivity contribution >= 4 is 17.5 Å². The quantitative estimate of drug-likeness (QED) is 0.895. The minimum atomic E-state index is -0.0712. The molecule has 0 saturated carbocycles. The van der Waals surface area contributed by atoms with Crippen LogP contribution in [0.25, 0.3) is 0 Å². The molecule has 1 amide bonds. The molecule has 0 aliphatic carbocycles. The molecule has 0 radical (unpaired) electrons. The van der Waals surface area contributed by atoms with Crippen LogP contribution in [-0.2, 0) is 4.79 Å². The van der Waals surface area contributed by atoms with Crippen molar-refractivity contribution in [3.8, 4) is 5.75 Å². The van der Waals surface area contributed by atoms with E-state index >= 15 is 0 Å². The molecule has 2 rings (SSSR count). The lowest BCUT2D eigenvalue weighted by atomic mass is 9.95. The lowest BCUT2D eigenvalue weighted by molar-refractivity contribution is -0.124. The molecule has 1 aliphatic rings. The first-order chi connectivity index (χ1) is 9.56. The van der Waals surface area contributed by atoms with E-state index in [9.17, 15) is 4.79 Å². The molecule has 1 heterocycles. The van der Waals surface area contributed by atoms with E-state index in [-0.39, 0.29) is 18.6 Å². The van der Waals surface area contributed by atoms with Gasteiger partial charge in [0.15, 0.2) is 6.61 Å². The second kappa shape index (κ2) is 6.95. The first-order valence-corrected chi connectivity index (χ1v) is 7.33. The Morgan fingerprint density at radius 1 is 1.55 bits per heavy atom. The maximum Gasteiger partial charge on any atom is 0.258 e. The fraction of sp³-hybridized carbons (Fsp3) is 0.533. The minimum absolute atomic E-state index is 0.0408. The number of benzene rings is 1. The number of aryl methyl sites for hydroxylation is 1. The molecule has 2 unspecified atom stereocenters. The number of amides is 1. The Labute approximate surface area is 124 Å². The molecule has 1 fully saturated rings. The van der Waals surface area contributed by atoms with Crippen LogP contribution in [0.1, 0.15) is 18.9 Å². The number of nitrogens with one attached hydrogen (secondary N) is 2. The number of piperidine rings is 1. The van der Waals surface area contributed by atoms with Gasteiger partial charge in [-0.15, -0.1) is 0 Å². The summed E-state index contributed by atoms with van der Waals surface area (Å²) in [7, 11) is 0. The van der Waals surface area contributed by atoms with Crippen LogP contribution >= 0.6 is 11.6 Å². The molecular weight excluding hydrogens is 276 g/mol. The summed E-state index contributed by atoms with van der Waals surface area (Å²) in [6.45, 7) is 5.99. The van der Waals surface area contributed by atoms with Crippen LogP contribution in [0.15, 0.2) is 18.2 Å². The number of rotatable bonds is 4. The Morgan fingerprint density at radius 2 is 2.35 bits per heavy atom. The predicted octanol–water partition coefficient (Wildman–Crippen LogP) is 2.14. The van der Waals surface area contributed by atoms with Crippen molar-refractivity contribution in [2.45, 2.75) is 26.3 Å². The molecule has 5 heteroatoms. The third kappa shape index (κ3) is 4.12. The molecule has 2 N–H and O–H groups in total. The van der Waals surface area contributed by atoms with Gasteiger partial charge in [-0.25, -0.2) is 0 Å². The van der Waals surface area contributed by atoms with Crippen LogP contribution in [0.2, 0.25) is 5.02 Å². The van der Waals surface area contributed by atoms with Crippen LogP contribution in [0.5, 0.6) is 5.75 Å². The number of carbonyl (C=O) groups is 1. The highest BCUT2D eigenvalue weighted by molar-refractivity contribution is 6.30. The van der Waals surface area contributed by atoms with Gasteiger partial charge in [0.25, 0.3) is 5.91 Å². The van der Waals surface area contributed by atoms with Crippen molar-refractivity contribution in [3.05, 3.63) is 28.8 Å². The van der Waals surface area contributed by atoms with Gasteiger partial charge in [-0.05, 0) is 56.1 Å². The zero-order chi connectivity index (χ0) is 14.5. The lowest BCUT2D eigenvalue weighted by Gasteiger charge is -2.30. The number of hydrogen-bond donors (Lipinski definition) is 2. The summed E-state index contributed by atoms with van der Waals surface area (Å²) in [5.74, 6) is 1.07. The monoisotopic (exact) mass is 296 g/mol. The standard InChI is InChI=1S/C15H21ClN2O2/c1-10-7-12(16)3-4-14(10)20-9-15(19)18-13-5-6-17-8-11(13)2/h3-4,7,11,13,17H,5-6,8-9H2,1-2H3,(H,18,19). The van der Waals surface area contributed by atoms with E-state index in [4.69, 9.17) is 16.3 Å². The number of halogens is 1. The summed E-state index contributed by atoms with van der Waals surface area (Å²) in [6.07, 6.45) is 0.965. The van der Waals surface area contributed by atoms with Crippen LogP contribution in [-0.4, -0.2) is 31.6 Å². The molecule has 20 heavy (non-hydrogen) atoms. The maximum absolute atomic E-state index is 11.9. The second-order valence-electron chi connectivity index (χ2n) is 5.34. The van der Waals surface area contributed by atoms with Gasteiger partial charge in [-0.3, -0.25) is 4.79 Å². The summed E-state index contributed by atoms with van der Waals surface area (Å²) >= 11 is 5.88. The fourth-order valence-electron chi connectivity index (χ4n) is 2.40. The number of ether oxygens (including phenoxy) is 1. The van der Waals surface area contributed by atoms with Gasteiger partial charge < -0.3 is 15.4 Å². The highest BCUT2D eigenvalue weighted by Crippen LogP contribution is 2.21. The zero-order valence-corrected chi connectivity index (χ0v) is 12.7. The maximum atomic E-state index is 11.9. The van der Waals surface area contributed by atoms with Crippen molar-refractivity contribution in [3.63, 3.8) is 0 Å². The predicted molar refractivity (Wildman–Crippen MR) is 80.3 cm³/mol. The molecule has 0 spiro atoms. The molecule has 4 nitrogen and oxygen atoms in total. The molecule has 0 bridgehead atoms. The molecule has 1 saturated heterocycles. The van der Waals surface area contributed by atoms with E-state index < -0.39 is 0 Å². The summed E-state index contributed by atoms with van der Waals surface area (Å²) in [5, 5.41) is 7.02. The first kappa shape index (κ1) is 15.1. The molecular formula is C15H21ClN2O2. The van der Waals surface area contributed by atoms with E-state index in [1.165, 1.54) is 0 Å². The Morgan fingerprint density at radius 3 is 3.05 bits per heavy atom. The van der Waals surface area contributed by atoms with E-state index in [0.717, 1.165) is 25.1 Å². The molecule has 1 aromatic rings. The largest absolute Gasteiger partial charge is 0.484 e. The normalized spacial score (nSPS) is 22.4. The van der Waals surface area contributed by atoms with Gasteiger partial charge in [-0.1, -0.05) is 18.5 Å². The van der Waals surface area contributed by atoms with Crippen LogP contribution in [0.4, 0.5) is 0 Å². The summed E-state index contributed by atoms with van der Waals surface area (Å²) in [5.41, 5.74) is 0.931. The Balaban J connectivity index is 1.82. The lowest BCUT2D eigenvalue weighted by Crippen LogP contribution is -2.49. The summed E-state index contributed by atoms with van der Waals surface area (Å²) < 4.78 is 5.54. The topological polar surface area (TPSA) is 50.4 Å². The summed E-state index contributed by atoms with van der Waals surface area (Å²) in [4.78, 5) is 11.9. The molecule has 0 aromatic heterocycles. The van der Waals surface area contributed by atoms with E-state index in [1.807, 2.05) is 13.0 Å². The van der Waals surface area contributed by atoms with Crippen molar-refractivity contribution < 1.29 is 9.53 Å². The average molecular weight is 297 g/mol. The van der Waals surface area contributed by atoms with E-state index in [1.54, 1.807) is 12.1 Å². The van der Waals surface area contributed by atoms with Crippen molar-refractivity contribution in [1.29, 1.82) is 0 Å². The van der Waals surface area contributed by atoms with Crippen LogP contribution in [0, 0.1) is 12.8 Å². The van der Waals surface area contributed by atoms with Gasteiger partial charge >= 0.3 is 0 Å². The first-order valence-electron chi connectivity index (χ1n) is 6.95. The molecule has 2 atom stereocenters.